The standard InChI is InChI=1S/C14H18O.C2H6/c1-9(2)13-11-7-5-6-8-12(11)15-14(13)10(3)4;1-2/h5-10H,1-4H3;1-2H3. The van der Waals surface area contributed by atoms with Gasteiger partial charge in [-0.15, -0.1) is 0 Å². The number of benzene rings is 1. The van der Waals surface area contributed by atoms with Crippen molar-refractivity contribution in [3.05, 3.63) is 35.6 Å². The van der Waals surface area contributed by atoms with E-state index in [1.807, 2.05) is 26.0 Å². The lowest BCUT2D eigenvalue weighted by Gasteiger charge is -2.08. The fraction of sp³-hybridized carbons (Fsp3) is 0.500. The molecule has 1 aromatic carbocycles. The summed E-state index contributed by atoms with van der Waals surface area (Å²) in [6.45, 7) is 12.8. The highest BCUT2D eigenvalue weighted by molar-refractivity contribution is 5.83. The van der Waals surface area contributed by atoms with Gasteiger partial charge in [-0.3, -0.25) is 0 Å². The van der Waals surface area contributed by atoms with Crippen LogP contribution >= 0.6 is 0 Å². The fourth-order valence-electron chi connectivity index (χ4n) is 2.11. The minimum absolute atomic E-state index is 0.454. The van der Waals surface area contributed by atoms with Gasteiger partial charge >= 0.3 is 0 Å². The first-order valence-corrected chi connectivity index (χ1v) is 6.62. The summed E-state index contributed by atoms with van der Waals surface area (Å²) in [5.41, 5.74) is 2.39. The molecule has 0 aliphatic heterocycles. The molecule has 0 amide bonds. The van der Waals surface area contributed by atoms with Crippen LogP contribution in [-0.4, -0.2) is 0 Å². The van der Waals surface area contributed by atoms with Gasteiger partial charge in [-0.2, -0.15) is 0 Å². The molecule has 94 valence electrons. The second-order valence-electron chi connectivity index (χ2n) is 4.69. The third kappa shape index (κ3) is 2.71. The maximum atomic E-state index is 5.92. The molecule has 2 aromatic rings. The Hall–Kier alpha value is -1.24. The molecule has 0 radical (unpaired) electrons. The molecule has 17 heavy (non-hydrogen) atoms. The largest absolute Gasteiger partial charge is 0.460 e. The highest BCUT2D eigenvalue weighted by atomic mass is 16.3. The summed E-state index contributed by atoms with van der Waals surface area (Å²) in [6, 6.07) is 8.31. The van der Waals surface area contributed by atoms with Gasteiger partial charge in [0.2, 0.25) is 0 Å². The average Bonchev–Trinajstić information content (AvgIpc) is 2.71. The smallest absolute Gasteiger partial charge is 0.134 e. The SMILES string of the molecule is CC.CC(C)c1oc2ccccc2c1C(C)C. The van der Waals surface area contributed by atoms with Crippen LogP contribution in [0.4, 0.5) is 0 Å². The number of hydrogen-bond donors (Lipinski definition) is 0. The molecule has 1 aromatic heterocycles. The Balaban J connectivity index is 0.000000686. The Morgan fingerprint density at radius 3 is 2.00 bits per heavy atom. The van der Waals surface area contributed by atoms with E-state index in [0.717, 1.165) is 11.3 Å². The highest BCUT2D eigenvalue weighted by Gasteiger charge is 2.18. The zero-order chi connectivity index (χ0) is 13.0. The van der Waals surface area contributed by atoms with Gasteiger partial charge in [0.05, 0.1) is 0 Å². The van der Waals surface area contributed by atoms with Crippen molar-refractivity contribution in [1.29, 1.82) is 0 Å². The second-order valence-corrected chi connectivity index (χ2v) is 4.69. The van der Waals surface area contributed by atoms with Crippen LogP contribution in [0.5, 0.6) is 0 Å². The quantitative estimate of drug-likeness (QED) is 0.646. The fourth-order valence-corrected chi connectivity index (χ4v) is 2.11. The molecule has 0 N–H and O–H groups in total. The molecular formula is C16H24O. The van der Waals surface area contributed by atoms with Crippen molar-refractivity contribution >= 4 is 11.0 Å². The Labute approximate surface area is 105 Å². The van der Waals surface area contributed by atoms with Gasteiger partial charge in [0.1, 0.15) is 11.3 Å². The zero-order valence-corrected chi connectivity index (χ0v) is 11.9. The normalized spacial score (nSPS) is 10.8. The van der Waals surface area contributed by atoms with Crippen molar-refractivity contribution in [2.45, 2.75) is 53.4 Å². The van der Waals surface area contributed by atoms with Crippen LogP contribution in [0.15, 0.2) is 28.7 Å². The molecule has 0 atom stereocenters. The van der Waals surface area contributed by atoms with E-state index in [1.165, 1.54) is 10.9 Å². The molecule has 0 fully saturated rings. The molecule has 0 spiro atoms. The van der Waals surface area contributed by atoms with Gasteiger partial charge in [-0.1, -0.05) is 59.7 Å². The molecule has 1 heteroatoms. The summed E-state index contributed by atoms with van der Waals surface area (Å²) >= 11 is 0. The predicted molar refractivity (Wildman–Crippen MR) is 75.7 cm³/mol. The maximum absolute atomic E-state index is 5.92. The third-order valence-electron chi connectivity index (χ3n) is 2.76. The first-order chi connectivity index (χ1) is 8.11. The monoisotopic (exact) mass is 232 g/mol. The first kappa shape index (κ1) is 13.8. The molecular weight excluding hydrogens is 208 g/mol. The first-order valence-electron chi connectivity index (χ1n) is 6.62. The Kier molecular flexibility index (Phi) is 4.80. The molecule has 0 unspecified atom stereocenters. The van der Waals surface area contributed by atoms with Crippen LogP contribution in [0, 0.1) is 0 Å². The van der Waals surface area contributed by atoms with Gasteiger partial charge in [-0.25, -0.2) is 0 Å². The van der Waals surface area contributed by atoms with E-state index in [9.17, 15) is 0 Å². The van der Waals surface area contributed by atoms with Crippen molar-refractivity contribution in [1.82, 2.24) is 0 Å². The van der Waals surface area contributed by atoms with E-state index in [0.29, 0.717) is 11.8 Å². The van der Waals surface area contributed by atoms with Crippen molar-refractivity contribution in [3.8, 4) is 0 Å². The number of fused-ring (bicyclic) bond motifs is 1. The summed E-state index contributed by atoms with van der Waals surface area (Å²) in [5.74, 6) is 2.12. The summed E-state index contributed by atoms with van der Waals surface area (Å²) < 4.78 is 5.92. The van der Waals surface area contributed by atoms with E-state index >= 15 is 0 Å². The highest BCUT2D eigenvalue weighted by Crippen LogP contribution is 2.35. The summed E-state index contributed by atoms with van der Waals surface area (Å²) in [4.78, 5) is 0. The average molecular weight is 232 g/mol. The Morgan fingerprint density at radius 1 is 0.882 bits per heavy atom. The molecule has 1 nitrogen and oxygen atoms in total. The van der Waals surface area contributed by atoms with Gasteiger partial charge in [0, 0.05) is 16.9 Å². The van der Waals surface area contributed by atoms with Gasteiger partial charge in [0.15, 0.2) is 0 Å². The van der Waals surface area contributed by atoms with E-state index in [1.54, 1.807) is 0 Å². The van der Waals surface area contributed by atoms with E-state index in [4.69, 9.17) is 4.42 Å². The van der Waals surface area contributed by atoms with Crippen molar-refractivity contribution in [3.63, 3.8) is 0 Å². The minimum atomic E-state index is 0.454. The third-order valence-corrected chi connectivity index (χ3v) is 2.76. The summed E-state index contributed by atoms with van der Waals surface area (Å²) in [5, 5.41) is 1.27. The van der Waals surface area contributed by atoms with Crippen LogP contribution in [0.3, 0.4) is 0 Å². The molecule has 1 heterocycles. The topological polar surface area (TPSA) is 13.1 Å². The molecule has 0 aliphatic rings. The lowest BCUT2D eigenvalue weighted by atomic mass is 9.95. The second kappa shape index (κ2) is 5.90. The molecule has 2 rings (SSSR count). The molecule has 0 saturated heterocycles. The lowest BCUT2D eigenvalue weighted by Crippen LogP contribution is -1.94. The van der Waals surface area contributed by atoms with Crippen molar-refractivity contribution < 1.29 is 4.42 Å². The number of para-hydroxylation sites is 1. The van der Waals surface area contributed by atoms with Crippen LogP contribution < -0.4 is 0 Å². The zero-order valence-electron chi connectivity index (χ0n) is 11.9. The number of furan rings is 1. The van der Waals surface area contributed by atoms with E-state index in [-0.39, 0.29) is 0 Å². The predicted octanol–water partition coefficient (Wildman–Crippen LogP) is 5.71. The summed E-state index contributed by atoms with van der Waals surface area (Å²) in [6.07, 6.45) is 0. The Morgan fingerprint density at radius 2 is 1.47 bits per heavy atom. The van der Waals surface area contributed by atoms with E-state index in [2.05, 4.69) is 39.8 Å². The van der Waals surface area contributed by atoms with Gasteiger partial charge in [-0.05, 0) is 12.0 Å². The molecule has 0 saturated carbocycles. The molecule has 0 bridgehead atoms. The number of hydrogen-bond acceptors (Lipinski definition) is 1. The number of rotatable bonds is 2. The van der Waals surface area contributed by atoms with Gasteiger partial charge < -0.3 is 4.42 Å². The lowest BCUT2D eigenvalue weighted by molar-refractivity contribution is 0.511. The maximum Gasteiger partial charge on any atom is 0.134 e. The Bertz CT molecular complexity index is 463. The van der Waals surface area contributed by atoms with Crippen LogP contribution in [0.2, 0.25) is 0 Å². The molecule has 0 aliphatic carbocycles. The van der Waals surface area contributed by atoms with Crippen molar-refractivity contribution in [2.75, 3.05) is 0 Å². The van der Waals surface area contributed by atoms with Gasteiger partial charge in [0.25, 0.3) is 0 Å². The minimum Gasteiger partial charge on any atom is -0.460 e. The summed E-state index contributed by atoms with van der Waals surface area (Å²) in [7, 11) is 0. The van der Waals surface area contributed by atoms with Crippen LogP contribution in [-0.2, 0) is 0 Å². The van der Waals surface area contributed by atoms with Crippen molar-refractivity contribution in [2.24, 2.45) is 0 Å². The van der Waals surface area contributed by atoms with Crippen LogP contribution in [0.25, 0.3) is 11.0 Å². The van der Waals surface area contributed by atoms with E-state index < -0.39 is 0 Å². The van der Waals surface area contributed by atoms with Crippen LogP contribution in [0.1, 0.15) is 64.7 Å².